The minimum absolute atomic E-state index is 0.134. The number of likely N-dealkylation sites (tertiary alicyclic amines) is 1. The number of nitrogens with one attached hydrogen (secondary N) is 1. The molecule has 1 aliphatic rings. The summed E-state index contributed by atoms with van der Waals surface area (Å²) in [6, 6.07) is 9.03. The van der Waals surface area contributed by atoms with Crippen LogP contribution in [-0.2, 0) is 4.74 Å². The van der Waals surface area contributed by atoms with Crippen molar-refractivity contribution in [2.75, 3.05) is 32.6 Å². The first-order valence-electron chi connectivity index (χ1n) is 10.4. The van der Waals surface area contributed by atoms with Crippen LogP contribution in [0.5, 0.6) is 11.5 Å². The lowest BCUT2D eigenvalue weighted by Crippen LogP contribution is -2.42. The van der Waals surface area contributed by atoms with Crippen molar-refractivity contribution in [2.24, 2.45) is 0 Å². The molecule has 0 radical (unpaired) electrons. The van der Waals surface area contributed by atoms with Crippen molar-refractivity contribution in [1.82, 2.24) is 9.47 Å². The van der Waals surface area contributed by atoms with E-state index in [-0.39, 0.29) is 18.0 Å². The molecule has 1 fully saturated rings. The molecule has 0 unspecified atom stereocenters. The number of nitrogens with zero attached hydrogens (tertiary/aromatic N) is 2. The molecule has 31 heavy (non-hydrogen) atoms. The number of hydrogen-bond acceptors (Lipinski definition) is 5. The summed E-state index contributed by atoms with van der Waals surface area (Å²) in [4.78, 5) is 27.0. The molecule has 2 aromatic rings. The first-order valence-corrected chi connectivity index (χ1v) is 10.4. The van der Waals surface area contributed by atoms with Gasteiger partial charge < -0.3 is 29.0 Å². The Morgan fingerprint density at radius 2 is 1.65 bits per heavy atom. The second kappa shape index (κ2) is 9.32. The fraction of sp³-hybridized carbons (Fsp3) is 0.478. The summed E-state index contributed by atoms with van der Waals surface area (Å²) in [6.45, 7) is 6.76. The van der Waals surface area contributed by atoms with Crippen LogP contribution in [0.15, 0.2) is 36.5 Å². The van der Waals surface area contributed by atoms with Gasteiger partial charge in [0, 0.05) is 49.2 Å². The largest absolute Gasteiger partial charge is 0.497 e. The minimum Gasteiger partial charge on any atom is -0.497 e. The molecule has 0 spiro atoms. The predicted molar refractivity (Wildman–Crippen MR) is 118 cm³/mol. The molecule has 0 saturated carbocycles. The van der Waals surface area contributed by atoms with E-state index in [0.29, 0.717) is 36.0 Å². The molecule has 1 aromatic carbocycles. The van der Waals surface area contributed by atoms with Crippen LogP contribution >= 0.6 is 0 Å². The van der Waals surface area contributed by atoms with Crippen LogP contribution < -0.4 is 14.8 Å². The minimum atomic E-state index is -0.511. The number of anilines is 1. The highest BCUT2D eigenvalue weighted by Crippen LogP contribution is 2.28. The molecule has 8 heteroatoms. The molecule has 2 heterocycles. The highest BCUT2D eigenvalue weighted by molar-refractivity contribution is 6.03. The Morgan fingerprint density at radius 1 is 1.03 bits per heavy atom. The Hall–Kier alpha value is -3.16. The van der Waals surface area contributed by atoms with Gasteiger partial charge in [0.1, 0.15) is 22.8 Å². The number of benzene rings is 1. The number of methoxy groups -OCH3 is 2. The lowest BCUT2D eigenvalue weighted by molar-refractivity contribution is 0.0187. The molecule has 1 N–H and O–H groups in total. The van der Waals surface area contributed by atoms with Crippen LogP contribution in [0.2, 0.25) is 0 Å². The van der Waals surface area contributed by atoms with Crippen molar-refractivity contribution >= 4 is 17.7 Å². The third-order valence-electron chi connectivity index (χ3n) is 5.13. The van der Waals surface area contributed by atoms with Gasteiger partial charge in [-0.25, -0.2) is 4.79 Å². The lowest BCUT2D eigenvalue weighted by atomic mass is 10.0. The fourth-order valence-corrected chi connectivity index (χ4v) is 3.63. The number of carbonyl (C=O) groups is 2. The third kappa shape index (κ3) is 5.71. The quantitative estimate of drug-likeness (QED) is 0.765. The van der Waals surface area contributed by atoms with Gasteiger partial charge in [0.25, 0.3) is 5.91 Å². The van der Waals surface area contributed by atoms with Gasteiger partial charge in [0.2, 0.25) is 0 Å². The van der Waals surface area contributed by atoms with Crippen molar-refractivity contribution < 1.29 is 23.8 Å². The van der Waals surface area contributed by atoms with E-state index in [1.807, 2.05) is 37.6 Å². The summed E-state index contributed by atoms with van der Waals surface area (Å²) in [5.41, 5.74) is 0.647. The number of piperidine rings is 1. The molecule has 8 nitrogen and oxygen atoms in total. The van der Waals surface area contributed by atoms with E-state index in [0.717, 1.165) is 12.8 Å². The SMILES string of the molecule is COc1cc(NC(=O)c2cccn2C2CCN(C(=O)OC(C)(C)C)CC2)cc(OC)c1. The van der Waals surface area contributed by atoms with Crippen molar-refractivity contribution in [3.8, 4) is 11.5 Å². The Morgan fingerprint density at radius 3 is 2.19 bits per heavy atom. The lowest BCUT2D eigenvalue weighted by Gasteiger charge is -2.34. The van der Waals surface area contributed by atoms with Crippen LogP contribution in [0.4, 0.5) is 10.5 Å². The highest BCUT2D eigenvalue weighted by atomic mass is 16.6. The summed E-state index contributed by atoms with van der Waals surface area (Å²) in [5, 5.41) is 2.92. The van der Waals surface area contributed by atoms with Crippen LogP contribution in [0, 0.1) is 0 Å². The number of rotatable bonds is 5. The zero-order valence-electron chi connectivity index (χ0n) is 18.8. The van der Waals surface area contributed by atoms with Crippen molar-refractivity contribution in [3.63, 3.8) is 0 Å². The number of carbonyl (C=O) groups excluding carboxylic acids is 2. The molecule has 0 bridgehead atoms. The van der Waals surface area contributed by atoms with E-state index in [9.17, 15) is 9.59 Å². The maximum absolute atomic E-state index is 13.0. The molecule has 168 valence electrons. The summed E-state index contributed by atoms with van der Waals surface area (Å²) in [6.07, 6.45) is 3.13. The Labute approximate surface area is 183 Å². The first-order chi connectivity index (χ1) is 14.7. The number of aromatic nitrogens is 1. The standard InChI is InChI=1S/C23H31N3O5/c1-23(2,3)31-22(28)25-11-8-17(9-12-25)26-10-6-7-20(26)21(27)24-16-13-18(29-4)15-19(14-16)30-5/h6-7,10,13-15,17H,8-9,11-12H2,1-5H3,(H,24,27). The van der Waals surface area contributed by atoms with Gasteiger partial charge in [0.05, 0.1) is 14.2 Å². The summed E-state index contributed by atoms with van der Waals surface area (Å²) in [5.74, 6) is 0.981. The molecule has 0 aliphatic carbocycles. The number of ether oxygens (including phenoxy) is 3. The molecule has 1 aromatic heterocycles. The van der Waals surface area contributed by atoms with Crippen LogP contribution in [0.25, 0.3) is 0 Å². The molecule has 2 amide bonds. The van der Waals surface area contributed by atoms with E-state index < -0.39 is 5.60 Å². The Balaban J connectivity index is 1.66. The van der Waals surface area contributed by atoms with E-state index in [1.54, 1.807) is 43.4 Å². The zero-order chi connectivity index (χ0) is 22.6. The van der Waals surface area contributed by atoms with Crippen LogP contribution in [-0.4, -0.2) is 54.4 Å². The predicted octanol–water partition coefficient (Wildman–Crippen LogP) is 4.33. The van der Waals surface area contributed by atoms with Crippen molar-refractivity contribution in [1.29, 1.82) is 0 Å². The topological polar surface area (TPSA) is 82.0 Å². The first kappa shape index (κ1) is 22.5. The third-order valence-corrected chi connectivity index (χ3v) is 5.13. The molecule has 1 aliphatic heterocycles. The van der Waals surface area contributed by atoms with E-state index >= 15 is 0 Å². The fourth-order valence-electron chi connectivity index (χ4n) is 3.63. The second-order valence-corrected chi connectivity index (χ2v) is 8.55. The van der Waals surface area contributed by atoms with Crippen LogP contribution in [0.3, 0.4) is 0 Å². The summed E-state index contributed by atoms with van der Waals surface area (Å²) >= 11 is 0. The smallest absolute Gasteiger partial charge is 0.410 e. The van der Waals surface area contributed by atoms with Gasteiger partial charge in [-0.05, 0) is 45.7 Å². The van der Waals surface area contributed by atoms with Crippen molar-refractivity contribution in [3.05, 3.63) is 42.2 Å². The van der Waals surface area contributed by atoms with Gasteiger partial charge in [0.15, 0.2) is 0 Å². The molecular formula is C23H31N3O5. The average molecular weight is 430 g/mol. The normalized spacial score (nSPS) is 14.8. The maximum atomic E-state index is 13.0. The van der Waals surface area contributed by atoms with Gasteiger partial charge in [-0.3, -0.25) is 4.79 Å². The van der Waals surface area contributed by atoms with Crippen molar-refractivity contribution in [2.45, 2.75) is 45.3 Å². The monoisotopic (exact) mass is 429 g/mol. The van der Waals surface area contributed by atoms with Gasteiger partial charge >= 0.3 is 6.09 Å². The maximum Gasteiger partial charge on any atom is 0.410 e. The number of hydrogen-bond donors (Lipinski definition) is 1. The van der Waals surface area contributed by atoms with Gasteiger partial charge in [-0.1, -0.05) is 0 Å². The average Bonchev–Trinajstić information content (AvgIpc) is 3.22. The number of amides is 2. The Bertz CT molecular complexity index is 901. The van der Waals surface area contributed by atoms with Gasteiger partial charge in [-0.15, -0.1) is 0 Å². The highest BCUT2D eigenvalue weighted by Gasteiger charge is 2.28. The van der Waals surface area contributed by atoms with E-state index in [1.165, 1.54) is 0 Å². The second-order valence-electron chi connectivity index (χ2n) is 8.55. The molecule has 1 saturated heterocycles. The zero-order valence-corrected chi connectivity index (χ0v) is 18.8. The van der Waals surface area contributed by atoms with E-state index in [2.05, 4.69) is 5.32 Å². The summed E-state index contributed by atoms with van der Waals surface area (Å²) in [7, 11) is 3.13. The Kier molecular flexibility index (Phi) is 6.77. The molecule has 0 atom stereocenters. The van der Waals surface area contributed by atoms with E-state index in [4.69, 9.17) is 14.2 Å². The van der Waals surface area contributed by atoms with Crippen LogP contribution in [0.1, 0.15) is 50.1 Å². The molecule has 3 rings (SSSR count). The van der Waals surface area contributed by atoms with Gasteiger partial charge in [-0.2, -0.15) is 0 Å². The summed E-state index contributed by atoms with van der Waals surface area (Å²) < 4.78 is 18.0. The molecular weight excluding hydrogens is 398 g/mol.